The topological polar surface area (TPSA) is 0 Å². The van der Waals surface area contributed by atoms with Crippen LogP contribution >= 0.6 is 17.0 Å². The number of rotatable bonds is 1. The van der Waals surface area contributed by atoms with Crippen LogP contribution < -0.4 is 0 Å². The van der Waals surface area contributed by atoms with Crippen molar-refractivity contribution in [2.45, 2.75) is 44.3 Å². The molecule has 0 saturated carbocycles. The number of hydrogen-bond donors (Lipinski definition) is 0. The van der Waals surface area contributed by atoms with E-state index in [0.717, 1.165) is 5.54 Å². The van der Waals surface area contributed by atoms with Gasteiger partial charge in [0.15, 0.2) is 0 Å². The van der Waals surface area contributed by atoms with Crippen LogP contribution in [0.4, 0.5) is 0 Å². The van der Waals surface area contributed by atoms with Crippen LogP contribution in [0.5, 0.6) is 0 Å². The zero-order valence-corrected chi connectivity index (χ0v) is 14.5. The van der Waals surface area contributed by atoms with Crippen LogP contribution in [0.3, 0.4) is 0 Å². The van der Waals surface area contributed by atoms with E-state index < -0.39 is 20.8 Å². The van der Waals surface area contributed by atoms with Gasteiger partial charge in [0.2, 0.25) is 0 Å². The Morgan fingerprint density at radius 2 is 1.80 bits per heavy atom. The van der Waals surface area contributed by atoms with Gasteiger partial charge < -0.3 is 0 Å². The average molecular weight is 340 g/mol. The molecular weight excluding hydrogens is 322 g/mol. The normalized spacial score (nSPS) is 25.5. The van der Waals surface area contributed by atoms with Crippen molar-refractivity contribution in [1.29, 1.82) is 0 Å². The van der Waals surface area contributed by atoms with Crippen LogP contribution in [0.25, 0.3) is 0 Å². The molecule has 0 amide bonds. The van der Waals surface area contributed by atoms with E-state index in [-0.39, 0.29) is 8.80 Å². The number of allylic oxidation sites excluding steroid dienone is 4. The maximum absolute atomic E-state index is 4.93. The fraction of sp³-hybridized carbons (Fsp3) is 0.636. The van der Waals surface area contributed by atoms with Crippen molar-refractivity contribution in [3.63, 3.8) is 0 Å². The van der Waals surface area contributed by atoms with E-state index in [1.807, 2.05) is 0 Å². The van der Waals surface area contributed by atoms with Gasteiger partial charge >= 0.3 is 37.9 Å². The third-order valence-electron chi connectivity index (χ3n) is 3.33. The molecule has 1 fully saturated rings. The van der Waals surface area contributed by atoms with Crippen molar-refractivity contribution in [1.82, 2.24) is 0 Å². The fourth-order valence-electron chi connectivity index (χ4n) is 2.74. The second-order valence-corrected chi connectivity index (χ2v) is 11.6. The maximum atomic E-state index is 4.93. The Labute approximate surface area is 113 Å². The van der Waals surface area contributed by atoms with Crippen molar-refractivity contribution < 1.29 is 20.8 Å². The molecule has 0 aromatic carbocycles. The summed E-state index contributed by atoms with van der Waals surface area (Å²) in [7, 11) is 9.49. The monoisotopic (exact) mass is 338 g/mol. The predicted octanol–water partition coefficient (Wildman–Crippen LogP) is 4.66. The van der Waals surface area contributed by atoms with Gasteiger partial charge in [-0.05, 0) is 19.4 Å². The predicted molar refractivity (Wildman–Crippen MR) is 69.0 cm³/mol. The Hall–Kier alpha value is 1.16. The third kappa shape index (κ3) is 4.50. The molecule has 0 aromatic heterocycles. The molecule has 0 bridgehead atoms. The summed E-state index contributed by atoms with van der Waals surface area (Å²) in [4.78, 5) is 0. The van der Waals surface area contributed by atoms with E-state index >= 15 is 0 Å². The Morgan fingerprint density at radius 3 is 2.20 bits per heavy atom. The second kappa shape index (κ2) is 7.48. The van der Waals surface area contributed by atoms with Crippen LogP contribution in [0, 0.1) is 0 Å². The molecule has 15 heavy (non-hydrogen) atoms. The Kier molecular flexibility index (Phi) is 7.09. The molecular formula is C11H18Cl2SiZr. The van der Waals surface area contributed by atoms with Crippen molar-refractivity contribution in [3.8, 4) is 0 Å². The van der Waals surface area contributed by atoms with Gasteiger partial charge in [-0.1, -0.05) is 48.2 Å². The molecule has 84 valence electrons. The zero-order valence-electron chi connectivity index (χ0n) is 9.39. The van der Waals surface area contributed by atoms with Crippen molar-refractivity contribution in [3.05, 3.63) is 23.3 Å². The quantitative estimate of drug-likeness (QED) is 0.609. The number of hydrogen-bond acceptors (Lipinski definition) is 0. The summed E-state index contributed by atoms with van der Waals surface area (Å²) in [5.41, 5.74) is 4.11. The molecule has 1 aliphatic carbocycles. The summed E-state index contributed by atoms with van der Waals surface area (Å²) in [5.74, 6) is 0. The number of halogens is 2. The minimum atomic E-state index is -0.826. The van der Waals surface area contributed by atoms with Gasteiger partial charge in [-0.15, -0.1) is 0 Å². The molecule has 4 heteroatoms. The first kappa shape index (κ1) is 14.2. The Balaban J connectivity index is 0.000000337. The van der Waals surface area contributed by atoms with E-state index in [0.29, 0.717) is 0 Å². The third-order valence-corrected chi connectivity index (χ3v) is 7.36. The van der Waals surface area contributed by atoms with Crippen molar-refractivity contribution >= 4 is 25.8 Å². The van der Waals surface area contributed by atoms with Crippen molar-refractivity contribution in [2.75, 3.05) is 0 Å². The van der Waals surface area contributed by atoms with Gasteiger partial charge in [-0.2, -0.15) is 0 Å². The average Bonchev–Trinajstić information content (AvgIpc) is 2.75. The van der Waals surface area contributed by atoms with E-state index in [1.54, 1.807) is 17.7 Å². The van der Waals surface area contributed by atoms with Crippen LogP contribution in [-0.4, -0.2) is 8.80 Å². The fourth-order valence-corrected chi connectivity index (χ4v) is 6.79. The van der Waals surface area contributed by atoms with E-state index in [4.69, 9.17) is 17.0 Å². The van der Waals surface area contributed by atoms with E-state index in [2.05, 4.69) is 26.0 Å². The van der Waals surface area contributed by atoms with Gasteiger partial charge in [-0.3, -0.25) is 0 Å². The summed E-state index contributed by atoms with van der Waals surface area (Å²) in [6, 6.07) is 3.19. The van der Waals surface area contributed by atoms with Crippen LogP contribution in [0.15, 0.2) is 23.3 Å². The molecule has 1 heterocycles. The first-order valence-electron chi connectivity index (χ1n) is 5.52. The molecule has 0 spiro atoms. The van der Waals surface area contributed by atoms with Crippen LogP contribution in [0.2, 0.25) is 17.6 Å². The van der Waals surface area contributed by atoms with E-state index in [9.17, 15) is 0 Å². The van der Waals surface area contributed by atoms with Gasteiger partial charge in [-0.25, -0.2) is 0 Å². The molecule has 2 rings (SSSR count). The first-order valence-corrected chi connectivity index (χ1v) is 14.1. The molecule has 1 unspecified atom stereocenters. The van der Waals surface area contributed by atoms with Crippen LogP contribution in [0.1, 0.15) is 26.7 Å². The molecule has 0 radical (unpaired) electrons. The summed E-state index contributed by atoms with van der Waals surface area (Å²) >= 11 is -0.826. The van der Waals surface area contributed by atoms with Gasteiger partial charge in [0.25, 0.3) is 0 Å². The van der Waals surface area contributed by atoms with Gasteiger partial charge in [0.1, 0.15) is 0 Å². The summed E-state index contributed by atoms with van der Waals surface area (Å²) in [5, 5.41) is 0. The van der Waals surface area contributed by atoms with Gasteiger partial charge in [0, 0.05) is 8.80 Å². The zero-order chi connectivity index (χ0) is 11.3. The molecule has 1 saturated heterocycles. The second-order valence-electron chi connectivity index (χ2n) is 4.44. The molecule has 0 nitrogen and oxygen atoms in total. The molecule has 1 aliphatic heterocycles. The Morgan fingerprint density at radius 1 is 1.27 bits per heavy atom. The molecule has 0 N–H and O–H groups in total. The summed E-state index contributed by atoms with van der Waals surface area (Å²) in [6.07, 6.45) is 7.95. The van der Waals surface area contributed by atoms with E-state index in [1.165, 1.54) is 18.4 Å². The minimum absolute atomic E-state index is 0.375. The first-order chi connectivity index (χ1) is 7.19. The Bertz CT molecular complexity index is 257. The summed E-state index contributed by atoms with van der Waals surface area (Å²) in [6.45, 7) is 4.57. The van der Waals surface area contributed by atoms with Crippen molar-refractivity contribution in [2.24, 2.45) is 0 Å². The SMILES string of the molecule is CC1=CC([SiH]2CCCC2)C(C)=C1.[Cl][Zr][Cl]. The standard InChI is InChI=1S/C11H18Si.2ClH.Zr/c1-9-7-10(2)11(8-9)12-5-3-4-6-12;;;/h7-8,11-12H,3-6H2,1-2H3;2*1H;/q;;;+2/p-2. The summed E-state index contributed by atoms with van der Waals surface area (Å²) < 4.78 is 0. The van der Waals surface area contributed by atoms with Crippen LogP contribution in [-0.2, 0) is 20.8 Å². The van der Waals surface area contributed by atoms with Gasteiger partial charge in [0.05, 0.1) is 0 Å². The molecule has 1 atom stereocenters. The molecule has 2 aliphatic rings. The molecule has 0 aromatic rings.